The summed E-state index contributed by atoms with van der Waals surface area (Å²) in [6, 6.07) is 7.50. The van der Waals surface area contributed by atoms with Crippen LogP contribution in [0.25, 0.3) is 0 Å². The summed E-state index contributed by atoms with van der Waals surface area (Å²) in [4.78, 5) is 3.83. The van der Waals surface area contributed by atoms with Crippen molar-refractivity contribution in [2.75, 3.05) is 13.2 Å². The third kappa shape index (κ3) is 4.26. The molecule has 0 unspecified atom stereocenters. The van der Waals surface area contributed by atoms with E-state index in [0.717, 1.165) is 23.3 Å². The van der Waals surface area contributed by atoms with Crippen molar-refractivity contribution in [1.29, 1.82) is 0 Å². The minimum Gasteiger partial charge on any atom is -0.493 e. The zero-order valence-electron chi connectivity index (χ0n) is 13.1. The van der Waals surface area contributed by atoms with E-state index in [9.17, 15) is 13.2 Å². The number of nitrogens with zero attached hydrogens (tertiary/aromatic N) is 1. The van der Waals surface area contributed by atoms with E-state index >= 15 is 0 Å². The molecule has 1 aliphatic rings. The second-order valence-corrected chi connectivity index (χ2v) is 5.90. The van der Waals surface area contributed by atoms with E-state index in [-0.39, 0.29) is 13.0 Å². The van der Waals surface area contributed by atoms with Gasteiger partial charge in [0.05, 0.1) is 6.61 Å². The summed E-state index contributed by atoms with van der Waals surface area (Å²) in [5, 5.41) is 2.65. The Kier molecular flexibility index (Phi) is 5.04. The van der Waals surface area contributed by atoms with Crippen molar-refractivity contribution in [2.24, 2.45) is 0 Å². The fourth-order valence-corrected chi connectivity index (χ4v) is 2.84. The number of alkyl halides is 3. The molecule has 0 fully saturated rings. The largest absolute Gasteiger partial charge is 0.493 e. The van der Waals surface area contributed by atoms with Crippen LogP contribution in [0.4, 0.5) is 13.2 Å². The third-order valence-electron chi connectivity index (χ3n) is 4.14. The maximum atomic E-state index is 13.2. The Bertz CT molecular complexity index is 674. The molecule has 0 radical (unpaired) electrons. The van der Waals surface area contributed by atoms with Crippen LogP contribution in [0, 0.1) is 0 Å². The normalized spacial score (nSPS) is 15.0. The van der Waals surface area contributed by atoms with Crippen LogP contribution in [0.3, 0.4) is 0 Å². The third-order valence-corrected chi connectivity index (χ3v) is 4.14. The summed E-state index contributed by atoms with van der Waals surface area (Å²) in [5.74, 6) is 0.887. The molecule has 0 spiro atoms. The zero-order valence-corrected chi connectivity index (χ0v) is 13.1. The van der Waals surface area contributed by atoms with Gasteiger partial charge in [-0.15, -0.1) is 0 Å². The molecule has 0 aliphatic carbocycles. The van der Waals surface area contributed by atoms with Crippen LogP contribution >= 0.6 is 0 Å². The highest BCUT2D eigenvalue weighted by Crippen LogP contribution is 2.26. The summed E-state index contributed by atoms with van der Waals surface area (Å²) < 4.78 is 45.1. The van der Waals surface area contributed by atoms with E-state index in [1.54, 1.807) is 12.1 Å². The lowest BCUT2D eigenvalue weighted by Gasteiger charge is -2.22. The maximum Gasteiger partial charge on any atom is 0.404 e. The van der Waals surface area contributed by atoms with Crippen molar-refractivity contribution in [3.63, 3.8) is 0 Å². The smallest absolute Gasteiger partial charge is 0.404 e. The van der Waals surface area contributed by atoms with E-state index < -0.39 is 12.2 Å². The Morgan fingerprint density at radius 3 is 2.67 bits per heavy atom. The fraction of sp³-hybridized carbons (Fsp3) is 0.389. The highest BCUT2D eigenvalue weighted by atomic mass is 19.4. The summed E-state index contributed by atoms with van der Waals surface area (Å²) in [5.41, 5.74) is 2.78. The Hall–Kier alpha value is -2.08. The minimum atomic E-state index is -4.28. The number of hydrogen-bond acceptors (Lipinski definition) is 3. The molecule has 2 aromatic rings. The van der Waals surface area contributed by atoms with Crippen molar-refractivity contribution in [3.8, 4) is 5.75 Å². The Balaban J connectivity index is 1.57. The van der Waals surface area contributed by atoms with Crippen LogP contribution in [0.1, 0.15) is 16.7 Å². The standard InChI is InChI=1S/C18H19F3N2O/c19-18(20,21)17(12-14-3-7-22-8-4-14)23-9-5-13-1-2-16-15(11-13)6-10-24-16/h1-4,7-8,11,17,23H,5-6,9-10,12H2/t17-/m0/s1. The molecule has 2 heterocycles. The first kappa shape index (κ1) is 16.8. The van der Waals surface area contributed by atoms with Gasteiger partial charge in [-0.1, -0.05) is 12.1 Å². The number of rotatable bonds is 6. The second kappa shape index (κ2) is 7.21. The number of aromatic nitrogens is 1. The van der Waals surface area contributed by atoms with E-state index in [1.807, 2.05) is 18.2 Å². The molecule has 0 saturated heterocycles. The highest BCUT2D eigenvalue weighted by Gasteiger charge is 2.39. The molecule has 1 atom stereocenters. The van der Waals surface area contributed by atoms with Gasteiger partial charge in [-0.25, -0.2) is 0 Å². The topological polar surface area (TPSA) is 34.2 Å². The van der Waals surface area contributed by atoms with E-state index in [4.69, 9.17) is 4.74 Å². The van der Waals surface area contributed by atoms with E-state index in [2.05, 4.69) is 10.3 Å². The van der Waals surface area contributed by atoms with Crippen LogP contribution in [0.2, 0.25) is 0 Å². The molecule has 1 aromatic carbocycles. The first-order chi connectivity index (χ1) is 11.5. The van der Waals surface area contributed by atoms with Crippen LogP contribution in [-0.4, -0.2) is 30.4 Å². The first-order valence-electron chi connectivity index (χ1n) is 7.96. The van der Waals surface area contributed by atoms with Gasteiger partial charge >= 0.3 is 6.18 Å². The number of nitrogens with one attached hydrogen (secondary N) is 1. The van der Waals surface area contributed by atoms with Crippen molar-refractivity contribution < 1.29 is 17.9 Å². The molecule has 24 heavy (non-hydrogen) atoms. The molecule has 3 rings (SSSR count). The fourth-order valence-electron chi connectivity index (χ4n) is 2.84. The maximum absolute atomic E-state index is 13.2. The van der Waals surface area contributed by atoms with Crippen LogP contribution in [-0.2, 0) is 19.3 Å². The Morgan fingerprint density at radius 1 is 1.12 bits per heavy atom. The number of hydrogen-bond donors (Lipinski definition) is 1. The minimum absolute atomic E-state index is 0.0932. The highest BCUT2D eigenvalue weighted by molar-refractivity contribution is 5.39. The van der Waals surface area contributed by atoms with Gasteiger partial charge in [0.25, 0.3) is 0 Å². The molecule has 0 amide bonds. The quantitative estimate of drug-likeness (QED) is 0.879. The lowest BCUT2D eigenvalue weighted by atomic mass is 10.0. The van der Waals surface area contributed by atoms with Crippen molar-refractivity contribution in [1.82, 2.24) is 10.3 Å². The molecule has 0 saturated carbocycles. The van der Waals surface area contributed by atoms with E-state index in [1.165, 1.54) is 12.4 Å². The molecule has 3 nitrogen and oxygen atoms in total. The second-order valence-electron chi connectivity index (χ2n) is 5.90. The van der Waals surface area contributed by atoms with Crippen molar-refractivity contribution in [2.45, 2.75) is 31.5 Å². The zero-order chi connectivity index (χ0) is 17.0. The SMILES string of the molecule is FC(F)(F)[C@H](Cc1ccncc1)NCCc1ccc2c(c1)CCO2. The van der Waals surface area contributed by atoms with Gasteiger partial charge in [-0.3, -0.25) is 4.98 Å². The van der Waals surface area contributed by atoms with Crippen molar-refractivity contribution in [3.05, 3.63) is 59.4 Å². The van der Waals surface area contributed by atoms with Crippen LogP contribution in [0.5, 0.6) is 5.75 Å². The number of fused-ring (bicyclic) bond motifs is 1. The van der Waals surface area contributed by atoms with Crippen LogP contribution < -0.4 is 10.1 Å². The Morgan fingerprint density at radius 2 is 1.92 bits per heavy atom. The number of ether oxygens (including phenoxy) is 1. The molecular weight excluding hydrogens is 317 g/mol. The first-order valence-corrected chi connectivity index (χ1v) is 7.96. The van der Waals surface area contributed by atoms with Crippen LogP contribution in [0.15, 0.2) is 42.7 Å². The average molecular weight is 336 g/mol. The van der Waals surface area contributed by atoms with Gasteiger partial charge in [-0.05, 0) is 54.3 Å². The summed E-state index contributed by atoms with van der Waals surface area (Å²) in [6.45, 7) is 0.952. The molecule has 1 aromatic heterocycles. The van der Waals surface area contributed by atoms with Gasteiger partial charge < -0.3 is 10.1 Å². The van der Waals surface area contributed by atoms with Gasteiger partial charge in [0.1, 0.15) is 11.8 Å². The summed E-state index contributed by atoms with van der Waals surface area (Å²) >= 11 is 0. The Labute approximate surface area is 138 Å². The van der Waals surface area contributed by atoms with Gasteiger partial charge in [0, 0.05) is 18.8 Å². The molecule has 6 heteroatoms. The van der Waals surface area contributed by atoms with Gasteiger partial charge in [-0.2, -0.15) is 13.2 Å². The molecular formula is C18H19F3N2O. The molecule has 1 aliphatic heterocycles. The van der Waals surface area contributed by atoms with Gasteiger partial charge in [0.2, 0.25) is 0 Å². The predicted molar refractivity (Wildman–Crippen MR) is 85.1 cm³/mol. The van der Waals surface area contributed by atoms with Gasteiger partial charge in [0.15, 0.2) is 0 Å². The monoisotopic (exact) mass is 336 g/mol. The average Bonchev–Trinajstić information content (AvgIpc) is 3.02. The number of benzene rings is 1. The number of pyridine rings is 1. The molecule has 0 bridgehead atoms. The van der Waals surface area contributed by atoms with E-state index in [0.29, 0.717) is 18.6 Å². The predicted octanol–water partition coefficient (Wildman–Crippen LogP) is 3.32. The molecule has 1 N–H and O–H groups in total. The lowest BCUT2D eigenvalue weighted by molar-refractivity contribution is -0.155. The summed E-state index contributed by atoms with van der Waals surface area (Å²) in [6.07, 6.45) is 0.0594. The lowest BCUT2D eigenvalue weighted by Crippen LogP contribution is -2.44. The van der Waals surface area contributed by atoms with Crippen molar-refractivity contribution >= 4 is 0 Å². The summed E-state index contributed by atoms with van der Waals surface area (Å²) in [7, 11) is 0. The molecule has 128 valence electrons. The number of halogens is 3.